The van der Waals surface area contributed by atoms with Crippen molar-refractivity contribution >= 4 is 27.4 Å². The molecule has 1 aliphatic heterocycles. The quantitative estimate of drug-likeness (QED) is 0.404. The average molecular weight is 316 g/mol. The van der Waals surface area contributed by atoms with Crippen LogP contribution in [0.5, 0.6) is 0 Å². The molecule has 4 atom stereocenters. The van der Waals surface area contributed by atoms with Crippen molar-refractivity contribution in [2.24, 2.45) is 11.8 Å². The number of carbonyl (C=O) groups is 1. The molecule has 0 saturated carbocycles. The molecule has 0 radical (unpaired) electrons. The second kappa shape index (κ2) is 7.66. The van der Waals surface area contributed by atoms with Crippen LogP contribution >= 0.6 is 11.8 Å². The minimum absolute atomic E-state index is 0.000665. The van der Waals surface area contributed by atoms with E-state index in [1.165, 1.54) is 0 Å². The summed E-state index contributed by atoms with van der Waals surface area (Å²) in [5.74, 6) is 1.63. The molecular weight excluding hydrogens is 286 g/mol. The molecule has 0 spiro atoms. The van der Waals surface area contributed by atoms with Gasteiger partial charge in [0, 0.05) is 5.75 Å². The molecule has 1 rings (SSSR count). The van der Waals surface area contributed by atoms with Gasteiger partial charge in [0.15, 0.2) is 9.76 Å². The molecule has 1 unspecified atom stereocenters. The molecule has 20 heavy (non-hydrogen) atoms. The Morgan fingerprint density at radius 3 is 2.65 bits per heavy atom. The first-order chi connectivity index (χ1) is 9.35. The number of rotatable bonds is 9. The van der Waals surface area contributed by atoms with Gasteiger partial charge in [0.05, 0.1) is 17.4 Å². The minimum atomic E-state index is -0.658. The van der Waals surface area contributed by atoms with E-state index in [4.69, 9.17) is 4.43 Å². The monoisotopic (exact) mass is 315 g/mol. The maximum atomic E-state index is 11.8. The summed E-state index contributed by atoms with van der Waals surface area (Å²) in [5, 5.41) is 3.46. The third-order valence-corrected chi connectivity index (χ3v) is 8.56. The first-order valence-corrected chi connectivity index (χ1v) is 9.83. The highest BCUT2D eigenvalue weighted by Gasteiger charge is 2.44. The fraction of sp³-hybridized carbons (Fsp3) is 0.800. The summed E-state index contributed by atoms with van der Waals surface area (Å²) in [6.45, 7) is 14.9. The Morgan fingerprint density at radius 1 is 1.55 bits per heavy atom. The maximum Gasteiger partial charge on any atom is 0.229 e. The van der Waals surface area contributed by atoms with Crippen LogP contribution in [0.3, 0.4) is 0 Å². The lowest BCUT2D eigenvalue weighted by molar-refractivity contribution is -0.136. The predicted molar refractivity (Wildman–Crippen MR) is 90.7 cm³/mol. The molecule has 0 aliphatic carbocycles. The summed E-state index contributed by atoms with van der Waals surface area (Å²) < 4.78 is 6.18. The Labute approximate surface area is 130 Å². The van der Waals surface area contributed by atoms with Gasteiger partial charge in [0.2, 0.25) is 5.91 Å². The molecule has 1 N–H and O–H groups in total. The Hall–Kier alpha value is -0.263. The molecule has 0 aromatic rings. The fourth-order valence-corrected chi connectivity index (χ4v) is 4.73. The summed E-state index contributed by atoms with van der Waals surface area (Å²) in [5.41, 5.74) is 0. The summed E-state index contributed by atoms with van der Waals surface area (Å²) in [4.78, 5) is 11.8. The number of β-lactam (4-membered cyclic amide) rings is 1. The largest absolute Gasteiger partial charge is 0.420 e. The number of carbonyl (C=O) groups excluding carboxylic acids is 1. The van der Waals surface area contributed by atoms with Crippen molar-refractivity contribution in [3.05, 3.63) is 12.7 Å². The highest BCUT2D eigenvalue weighted by atomic mass is 32.2. The van der Waals surface area contributed by atoms with Crippen LogP contribution in [0.2, 0.25) is 5.04 Å². The molecule has 1 amide bonds. The predicted octanol–water partition coefficient (Wildman–Crippen LogP) is 2.71. The molecule has 0 aromatic carbocycles. The highest BCUT2D eigenvalue weighted by molar-refractivity contribution is 8.00. The molecule has 1 heterocycles. The first-order valence-electron chi connectivity index (χ1n) is 7.50. The molecular formula is C15H29NO2SSi. The zero-order chi connectivity index (χ0) is 15.3. The fourth-order valence-electron chi connectivity index (χ4n) is 2.25. The summed E-state index contributed by atoms with van der Waals surface area (Å²) in [6, 6.07) is 0. The highest BCUT2D eigenvalue weighted by Crippen LogP contribution is 2.39. The van der Waals surface area contributed by atoms with Gasteiger partial charge in [-0.3, -0.25) is 4.79 Å². The van der Waals surface area contributed by atoms with Gasteiger partial charge in [0.25, 0.3) is 0 Å². The van der Waals surface area contributed by atoms with Gasteiger partial charge in [-0.05, 0) is 17.9 Å². The second-order valence-corrected chi connectivity index (χ2v) is 9.67. The van der Waals surface area contributed by atoms with Crippen LogP contribution in [-0.2, 0) is 9.22 Å². The van der Waals surface area contributed by atoms with Crippen molar-refractivity contribution in [3.8, 4) is 0 Å². The summed E-state index contributed by atoms with van der Waals surface area (Å²) in [7, 11) is -0.658. The van der Waals surface area contributed by atoms with E-state index in [1.54, 1.807) is 11.8 Å². The zero-order valence-corrected chi connectivity index (χ0v) is 15.7. The molecule has 0 bridgehead atoms. The number of thioether (sulfide) groups is 1. The Bertz CT molecular complexity index is 351. The smallest absolute Gasteiger partial charge is 0.229 e. The molecule has 3 nitrogen and oxygen atoms in total. The number of nitrogens with one attached hydrogen (secondary N) is 1. The van der Waals surface area contributed by atoms with Crippen LogP contribution in [0.1, 0.15) is 41.0 Å². The minimum Gasteiger partial charge on any atom is -0.420 e. The van der Waals surface area contributed by atoms with E-state index in [-0.39, 0.29) is 23.3 Å². The van der Waals surface area contributed by atoms with Gasteiger partial charge in [-0.15, -0.1) is 18.3 Å². The van der Waals surface area contributed by atoms with Crippen molar-refractivity contribution in [3.63, 3.8) is 0 Å². The normalized spacial score (nSPS) is 27.2. The van der Waals surface area contributed by atoms with Crippen LogP contribution in [-0.4, -0.2) is 32.9 Å². The third kappa shape index (κ3) is 4.12. The number of hydrogen-bond acceptors (Lipinski definition) is 3. The van der Waals surface area contributed by atoms with Crippen LogP contribution < -0.4 is 5.32 Å². The van der Waals surface area contributed by atoms with Crippen LogP contribution in [0.4, 0.5) is 0 Å². The number of amides is 1. The van der Waals surface area contributed by atoms with Crippen molar-refractivity contribution in [2.75, 3.05) is 5.75 Å². The lowest BCUT2D eigenvalue weighted by Crippen LogP contribution is -2.61. The molecule has 116 valence electrons. The third-order valence-electron chi connectivity index (χ3n) is 4.69. The Kier molecular flexibility index (Phi) is 6.81. The Balaban J connectivity index is 2.51. The van der Waals surface area contributed by atoms with Gasteiger partial charge in [0.1, 0.15) is 0 Å². The average Bonchev–Trinajstić information content (AvgIpc) is 2.40. The van der Waals surface area contributed by atoms with Crippen molar-refractivity contribution in [1.29, 1.82) is 0 Å². The first kappa shape index (κ1) is 17.8. The van der Waals surface area contributed by atoms with E-state index in [0.717, 1.165) is 12.2 Å². The summed E-state index contributed by atoms with van der Waals surface area (Å²) >= 11 is 1.73. The van der Waals surface area contributed by atoms with Gasteiger partial charge in [-0.2, -0.15) is 0 Å². The maximum absolute atomic E-state index is 11.8. The topological polar surface area (TPSA) is 38.3 Å². The van der Waals surface area contributed by atoms with E-state index < -0.39 is 9.76 Å². The lowest BCUT2D eigenvalue weighted by Gasteiger charge is -2.41. The van der Waals surface area contributed by atoms with Crippen LogP contribution in [0.25, 0.3) is 0 Å². The van der Waals surface area contributed by atoms with Gasteiger partial charge < -0.3 is 9.74 Å². The second-order valence-electron chi connectivity index (χ2n) is 6.26. The van der Waals surface area contributed by atoms with Crippen molar-refractivity contribution in [1.82, 2.24) is 5.32 Å². The van der Waals surface area contributed by atoms with Gasteiger partial charge in [-0.1, -0.05) is 40.2 Å². The molecule has 1 fully saturated rings. The van der Waals surface area contributed by atoms with Crippen molar-refractivity contribution < 1.29 is 9.22 Å². The zero-order valence-electron chi connectivity index (χ0n) is 13.4. The van der Waals surface area contributed by atoms with Gasteiger partial charge >= 0.3 is 0 Å². The van der Waals surface area contributed by atoms with E-state index in [9.17, 15) is 4.79 Å². The van der Waals surface area contributed by atoms with E-state index in [2.05, 4.69) is 39.6 Å². The standard InChI is InChI=1S/C15H29NO2SSi/c1-7-9-19-14-12(13(17)16-14)11(5)18-20-15(6,8-2)10(3)4/h7,10-12,14H,1,8-9,20H2,2-6H3,(H,16,17)/t11-,12+,14-,15?/m1/s1. The SMILES string of the molecule is C=CCS[C@H]1NC(=O)[C@@H]1[C@@H](C)O[SiH2]C(C)(CC)C(C)C. The van der Waals surface area contributed by atoms with Gasteiger partial charge in [-0.25, -0.2) is 0 Å². The van der Waals surface area contributed by atoms with E-state index in [1.807, 2.05) is 13.0 Å². The molecule has 5 heteroatoms. The van der Waals surface area contributed by atoms with Crippen molar-refractivity contribution in [2.45, 2.75) is 57.6 Å². The Morgan fingerprint density at radius 2 is 2.20 bits per heavy atom. The number of hydrogen-bond donors (Lipinski definition) is 1. The van der Waals surface area contributed by atoms with Crippen LogP contribution in [0, 0.1) is 11.8 Å². The lowest BCUT2D eigenvalue weighted by atomic mass is 9.94. The van der Waals surface area contributed by atoms with Crippen LogP contribution in [0.15, 0.2) is 12.7 Å². The molecule has 1 aliphatic rings. The van der Waals surface area contributed by atoms with E-state index >= 15 is 0 Å². The summed E-state index contributed by atoms with van der Waals surface area (Å²) in [6.07, 6.45) is 3.05. The molecule has 0 aromatic heterocycles. The van der Waals surface area contributed by atoms with E-state index in [0.29, 0.717) is 11.0 Å². The molecule has 1 saturated heterocycles.